The van der Waals surface area contributed by atoms with Gasteiger partial charge in [-0.05, 0) is 12.5 Å². The molecule has 0 aromatic heterocycles. The summed E-state index contributed by atoms with van der Waals surface area (Å²) in [5, 5.41) is 8.80. The Labute approximate surface area is 108 Å². The standard InChI is InChI=1S/C12H11ClO5/c13-8-5-11-10(17-6-18-11)4-7(8)9(14)2-1-3-12(15)16/h4-5H,1-3,6H2,(H,15,16). The first-order valence-electron chi connectivity index (χ1n) is 5.42. The number of benzene rings is 1. The lowest BCUT2D eigenvalue weighted by Gasteiger charge is -2.04. The molecule has 0 spiro atoms. The van der Waals surface area contributed by atoms with E-state index in [1.807, 2.05) is 0 Å². The van der Waals surface area contributed by atoms with Gasteiger partial charge in [0, 0.05) is 24.5 Å². The topological polar surface area (TPSA) is 72.8 Å². The molecule has 18 heavy (non-hydrogen) atoms. The smallest absolute Gasteiger partial charge is 0.303 e. The van der Waals surface area contributed by atoms with E-state index in [2.05, 4.69) is 0 Å². The van der Waals surface area contributed by atoms with Crippen LogP contribution in [0.5, 0.6) is 11.5 Å². The Morgan fingerprint density at radius 3 is 2.56 bits per heavy atom. The molecule has 0 fully saturated rings. The lowest BCUT2D eigenvalue weighted by atomic mass is 10.0. The first-order valence-corrected chi connectivity index (χ1v) is 5.80. The molecule has 0 saturated carbocycles. The number of Topliss-reactive ketones (excluding diaryl/α,β-unsaturated/α-hetero) is 1. The molecule has 5 nitrogen and oxygen atoms in total. The zero-order chi connectivity index (χ0) is 13.1. The van der Waals surface area contributed by atoms with Crippen LogP contribution in [-0.4, -0.2) is 23.7 Å². The van der Waals surface area contributed by atoms with E-state index in [9.17, 15) is 9.59 Å². The van der Waals surface area contributed by atoms with Gasteiger partial charge < -0.3 is 14.6 Å². The van der Waals surface area contributed by atoms with Crippen LogP contribution in [0.25, 0.3) is 0 Å². The number of rotatable bonds is 5. The molecule has 1 aliphatic rings. The van der Waals surface area contributed by atoms with Gasteiger partial charge in [0.05, 0.1) is 5.02 Å². The number of carboxylic acid groups (broad SMARTS) is 1. The van der Waals surface area contributed by atoms with Crippen molar-refractivity contribution in [2.24, 2.45) is 0 Å². The maximum Gasteiger partial charge on any atom is 0.303 e. The molecule has 0 bridgehead atoms. The fraction of sp³-hybridized carbons (Fsp3) is 0.333. The van der Waals surface area contributed by atoms with Crippen LogP contribution in [-0.2, 0) is 4.79 Å². The molecule has 0 saturated heterocycles. The lowest BCUT2D eigenvalue weighted by molar-refractivity contribution is -0.137. The van der Waals surface area contributed by atoms with Crippen molar-refractivity contribution in [3.8, 4) is 11.5 Å². The molecule has 0 aliphatic carbocycles. The highest BCUT2D eigenvalue weighted by molar-refractivity contribution is 6.34. The van der Waals surface area contributed by atoms with E-state index in [1.54, 1.807) is 0 Å². The van der Waals surface area contributed by atoms with Crippen LogP contribution in [0.1, 0.15) is 29.6 Å². The average Bonchev–Trinajstić information content (AvgIpc) is 2.74. The van der Waals surface area contributed by atoms with Crippen LogP contribution >= 0.6 is 11.6 Å². The van der Waals surface area contributed by atoms with Crippen molar-refractivity contribution < 1.29 is 24.2 Å². The third-order valence-electron chi connectivity index (χ3n) is 2.56. The molecule has 1 aromatic rings. The van der Waals surface area contributed by atoms with Crippen molar-refractivity contribution in [1.82, 2.24) is 0 Å². The summed E-state index contributed by atoms with van der Waals surface area (Å²) in [5.74, 6) is -0.109. The number of hydrogen-bond acceptors (Lipinski definition) is 4. The average molecular weight is 271 g/mol. The van der Waals surface area contributed by atoms with Crippen LogP contribution < -0.4 is 9.47 Å². The third kappa shape index (κ3) is 2.73. The monoisotopic (exact) mass is 270 g/mol. The predicted octanol–water partition coefficient (Wildman–Crippen LogP) is 2.51. The molecule has 96 valence electrons. The molecule has 1 aliphatic heterocycles. The molecule has 2 rings (SSSR count). The Hall–Kier alpha value is -1.75. The second kappa shape index (κ2) is 5.27. The predicted molar refractivity (Wildman–Crippen MR) is 63.4 cm³/mol. The van der Waals surface area contributed by atoms with E-state index in [0.29, 0.717) is 28.5 Å². The summed E-state index contributed by atoms with van der Waals surface area (Å²) in [6, 6.07) is 3.07. The number of ether oxygens (including phenoxy) is 2. The Bertz CT molecular complexity index is 497. The lowest BCUT2D eigenvalue weighted by Crippen LogP contribution is -2.02. The molecule has 1 aromatic carbocycles. The van der Waals surface area contributed by atoms with Gasteiger partial charge in [-0.2, -0.15) is 0 Å². The molecule has 6 heteroatoms. The van der Waals surface area contributed by atoms with E-state index in [4.69, 9.17) is 26.2 Å². The van der Waals surface area contributed by atoms with Crippen molar-refractivity contribution in [1.29, 1.82) is 0 Å². The second-order valence-electron chi connectivity index (χ2n) is 3.86. The van der Waals surface area contributed by atoms with Gasteiger partial charge in [0.2, 0.25) is 6.79 Å². The van der Waals surface area contributed by atoms with Crippen molar-refractivity contribution in [2.75, 3.05) is 6.79 Å². The first kappa shape index (κ1) is 12.7. The van der Waals surface area contributed by atoms with Crippen LogP contribution in [0, 0.1) is 0 Å². The van der Waals surface area contributed by atoms with Crippen LogP contribution in [0.4, 0.5) is 0 Å². The van der Waals surface area contributed by atoms with Gasteiger partial charge in [-0.3, -0.25) is 9.59 Å². The highest BCUT2D eigenvalue weighted by Crippen LogP contribution is 2.37. The quantitative estimate of drug-likeness (QED) is 0.832. The van der Waals surface area contributed by atoms with E-state index in [-0.39, 0.29) is 25.4 Å². The van der Waals surface area contributed by atoms with Crippen molar-refractivity contribution >= 4 is 23.4 Å². The number of ketones is 1. The molecule has 0 amide bonds. The number of fused-ring (bicyclic) bond motifs is 1. The van der Waals surface area contributed by atoms with Gasteiger partial charge in [-0.25, -0.2) is 0 Å². The highest BCUT2D eigenvalue weighted by Gasteiger charge is 2.19. The number of hydrogen-bond donors (Lipinski definition) is 1. The van der Waals surface area contributed by atoms with Gasteiger partial charge in [0.15, 0.2) is 17.3 Å². The summed E-state index contributed by atoms with van der Waals surface area (Å²) in [6.07, 6.45) is 0.401. The maximum absolute atomic E-state index is 11.9. The van der Waals surface area contributed by atoms with Crippen molar-refractivity contribution in [3.05, 3.63) is 22.7 Å². The van der Waals surface area contributed by atoms with Gasteiger partial charge in [-0.15, -0.1) is 0 Å². The number of carbonyl (C=O) groups excluding carboxylic acids is 1. The minimum atomic E-state index is -0.917. The molecule has 1 heterocycles. The second-order valence-corrected chi connectivity index (χ2v) is 4.26. The van der Waals surface area contributed by atoms with Crippen LogP contribution in [0.2, 0.25) is 5.02 Å². The number of aliphatic carboxylic acids is 1. The Morgan fingerprint density at radius 1 is 1.22 bits per heavy atom. The zero-order valence-corrected chi connectivity index (χ0v) is 10.2. The molecule has 0 unspecified atom stereocenters. The summed E-state index contributed by atoms with van der Waals surface area (Å²) >= 11 is 5.97. The van der Waals surface area contributed by atoms with E-state index >= 15 is 0 Å². The van der Waals surface area contributed by atoms with Crippen LogP contribution in [0.15, 0.2) is 12.1 Å². The largest absolute Gasteiger partial charge is 0.481 e. The number of halogens is 1. The summed E-state index contributed by atoms with van der Waals surface area (Å²) < 4.78 is 10.3. The fourth-order valence-electron chi connectivity index (χ4n) is 1.67. The summed E-state index contributed by atoms with van der Waals surface area (Å²) in [5.41, 5.74) is 0.339. The fourth-order valence-corrected chi connectivity index (χ4v) is 1.92. The van der Waals surface area contributed by atoms with Crippen molar-refractivity contribution in [3.63, 3.8) is 0 Å². The van der Waals surface area contributed by atoms with E-state index in [0.717, 1.165) is 0 Å². The summed E-state index contributed by atoms with van der Waals surface area (Å²) in [4.78, 5) is 22.2. The minimum Gasteiger partial charge on any atom is -0.481 e. The molecule has 0 atom stereocenters. The van der Waals surface area contributed by atoms with Gasteiger partial charge >= 0.3 is 5.97 Å². The summed E-state index contributed by atoms with van der Waals surface area (Å²) in [7, 11) is 0. The Kier molecular flexibility index (Phi) is 3.72. The number of carbonyl (C=O) groups is 2. The molecular weight excluding hydrogens is 260 g/mol. The van der Waals surface area contributed by atoms with Crippen LogP contribution in [0.3, 0.4) is 0 Å². The van der Waals surface area contributed by atoms with E-state index in [1.165, 1.54) is 12.1 Å². The third-order valence-corrected chi connectivity index (χ3v) is 2.87. The Balaban J connectivity index is 2.08. The van der Waals surface area contributed by atoms with Crippen molar-refractivity contribution in [2.45, 2.75) is 19.3 Å². The zero-order valence-electron chi connectivity index (χ0n) is 9.44. The Morgan fingerprint density at radius 2 is 1.89 bits per heavy atom. The molecular formula is C12H11ClO5. The normalized spacial score (nSPS) is 12.5. The first-order chi connectivity index (χ1) is 8.58. The maximum atomic E-state index is 11.9. The number of carboxylic acids is 1. The minimum absolute atomic E-state index is 0.0338. The molecule has 1 N–H and O–H groups in total. The highest BCUT2D eigenvalue weighted by atomic mass is 35.5. The summed E-state index contributed by atoms with van der Waals surface area (Å²) in [6.45, 7) is 0.113. The van der Waals surface area contributed by atoms with Gasteiger partial charge in [-0.1, -0.05) is 11.6 Å². The van der Waals surface area contributed by atoms with E-state index < -0.39 is 5.97 Å². The van der Waals surface area contributed by atoms with Gasteiger partial charge in [0.1, 0.15) is 0 Å². The van der Waals surface area contributed by atoms with Gasteiger partial charge in [0.25, 0.3) is 0 Å². The molecule has 0 radical (unpaired) electrons. The SMILES string of the molecule is O=C(O)CCCC(=O)c1cc2c(cc1Cl)OCO2.